The van der Waals surface area contributed by atoms with E-state index in [4.69, 9.17) is 20.8 Å². The topological polar surface area (TPSA) is 42.7 Å². The molecule has 0 fully saturated rings. The first-order chi connectivity index (χ1) is 14.6. The molecule has 6 heteroatoms. The zero-order valence-corrected chi connectivity index (χ0v) is 18.2. The molecule has 150 valence electrons. The van der Waals surface area contributed by atoms with E-state index in [2.05, 4.69) is 20.8 Å². The lowest BCUT2D eigenvalue weighted by Crippen LogP contribution is -2.31. The van der Waals surface area contributed by atoms with Gasteiger partial charge in [-0.05, 0) is 47.5 Å². The van der Waals surface area contributed by atoms with Crippen molar-refractivity contribution in [2.45, 2.75) is 13.1 Å². The molecule has 4 nitrogen and oxygen atoms in total. The van der Waals surface area contributed by atoms with Crippen molar-refractivity contribution in [3.63, 3.8) is 0 Å². The fourth-order valence-electron chi connectivity index (χ4n) is 3.73. The fraction of sp³-hybridized carbons (Fsp3) is 0.125. The summed E-state index contributed by atoms with van der Waals surface area (Å²) in [5, 5.41) is 1.28. The summed E-state index contributed by atoms with van der Waals surface area (Å²) in [4.78, 5) is 15.3. The van der Waals surface area contributed by atoms with Crippen LogP contribution in [0.3, 0.4) is 0 Å². The zero-order valence-electron chi connectivity index (χ0n) is 15.9. The van der Waals surface area contributed by atoms with E-state index in [1.54, 1.807) is 12.3 Å². The Hall–Kier alpha value is -2.60. The second-order valence-electron chi connectivity index (χ2n) is 7.29. The van der Waals surface area contributed by atoms with Crippen LogP contribution in [0.4, 0.5) is 0 Å². The van der Waals surface area contributed by atoms with E-state index < -0.39 is 0 Å². The molecule has 5 rings (SSSR count). The van der Waals surface area contributed by atoms with Gasteiger partial charge in [0, 0.05) is 22.6 Å². The minimum Gasteiger partial charge on any atom is -0.478 e. The lowest BCUT2D eigenvalue weighted by Gasteiger charge is -2.29. The Morgan fingerprint density at radius 2 is 1.77 bits per heavy atom. The Morgan fingerprint density at radius 1 is 1.00 bits per heavy atom. The molecule has 3 aromatic carbocycles. The first-order valence-corrected chi connectivity index (χ1v) is 10.7. The molecule has 0 unspecified atom stereocenters. The van der Waals surface area contributed by atoms with Crippen LogP contribution in [0.25, 0.3) is 22.1 Å². The van der Waals surface area contributed by atoms with Crippen molar-refractivity contribution >= 4 is 38.5 Å². The molecule has 0 amide bonds. The minimum absolute atomic E-state index is 0.0452. The number of ether oxygens (including phenoxy) is 1. The lowest BCUT2D eigenvalue weighted by atomic mass is 10.0. The van der Waals surface area contributed by atoms with Crippen LogP contribution in [0.1, 0.15) is 11.1 Å². The Labute approximate surface area is 186 Å². The molecule has 0 saturated heterocycles. The number of rotatable bonds is 3. The second-order valence-corrected chi connectivity index (χ2v) is 8.64. The molecule has 4 aromatic rings. The summed E-state index contributed by atoms with van der Waals surface area (Å²) in [6.45, 7) is 1.83. The summed E-state index contributed by atoms with van der Waals surface area (Å²) >= 11 is 9.41. The van der Waals surface area contributed by atoms with Crippen LogP contribution in [0, 0.1) is 0 Å². The van der Waals surface area contributed by atoms with Crippen LogP contribution in [-0.2, 0) is 13.1 Å². The molecular formula is C24H17BrClNO3. The molecule has 2 heterocycles. The van der Waals surface area contributed by atoms with Gasteiger partial charge >= 0.3 is 0 Å². The molecule has 0 N–H and O–H groups in total. The van der Waals surface area contributed by atoms with Gasteiger partial charge in [-0.2, -0.15) is 0 Å². The van der Waals surface area contributed by atoms with Crippen LogP contribution in [0.2, 0.25) is 5.02 Å². The van der Waals surface area contributed by atoms with Crippen molar-refractivity contribution < 1.29 is 9.15 Å². The normalized spacial score (nSPS) is 13.8. The molecule has 30 heavy (non-hydrogen) atoms. The second kappa shape index (κ2) is 7.91. The summed E-state index contributed by atoms with van der Waals surface area (Å²) in [6.07, 6.45) is 1.55. The summed E-state index contributed by atoms with van der Waals surface area (Å²) in [7, 11) is 0. The van der Waals surface area contributed by atoms with E-state index in [9.17, 15) is 4.79 Å². The number of hydrogen-bond acceptors (Lipinski definition) is 4. The van der Waals surface area contributed by atoms with Crippen LogP contribution >= 0.6 is 27.5 Å². The SMILES string of the molecule is O=c1c(-c2ccc(Br)cc2)coc2c3c(ccc12)OCN(Cc1ccc(Cl)cc1)C3. The summed E-state index contributed by atoms with van der Waals surface area (Å²) in [6, 6.07) is 19.0. The predicted molar refractivity (Wildman–Crippen MR) is 122 cm³/mol. The fourth-order valence-corrected chi connectivity index (χ4v) is 4.12. The van der Waals surface area contributed by atoms with Gasteiger partial charge in [0.1, 0.15) is 24.3 Å². The third kappa shape index (κ3) is 3.65. The molecule has 0 bridgehead atoms. The number of halogens is 2. The van der Waals surface area contributed by atoms with Crippen LogP contribution in [-0.4, -0.2) is 11.6 Å². The number of fused-ring (bicyclic) bond motifs is 3. The highest BCUT2D eigenvalue weighted by atomic mass is 79.9. The first kappa shape index (κ1) is 19.4. The Morgan fingerprint density at radius 3 is 2.53 bits per heavy atom. The first-order valence-electron chi connectivity index (χ1n) is 9.51. The summed E-state index contributed by atoms with van der Waals surface area (Å²) < 4.78 is 12.9. The van der Waals surface area contributed by atoms with E-state index in [0.29, 0.717) is 41.4 Å². The van der Waals surface area contributed by atoms with Gasteiger partial charge in [-0.1, -0.05) is 51.8 Å². The largest absolute Gasteiger partial charge is 0.478 e. The molecule has 1 aliphatic rings. The molecule has 0 spiro atoms. The minimum atomic E-state index is -0.0452. The molecule has 0 radical (unpaired) electrons. The van der Waals surface area contributed by atoms with Crippen LogP contribution in [0.5, 0.6) is 5.75 Å². The Kier molecular flexibility index (Phi) is 5.11. The highest BCUT2D eigenvalue weighted by Gasteiger charge is 2.23. The van der Waals surface area contributed by atoms with Crippen molar-refractivity contribution in [1.82, 2.24) is 4.90 Å². The van der Waals surface area contributed by atoms with Gasteiger partial charge in [-0.3, -0.25) is 9.69 Å². The van der Waals surface area contributed by atoms with Crippen LogP contribution < -0.4 is 10.2 Å². The monoisotopic (exact) mass is 481 g/mol. The maximum atomic E-state index is 13.2. The molecular weight excluding hydrogens is 466 g/mol. The Bertz CT molecular complexity index is 1280. The Balaban J connectivity index is 1.51. The van der Waals surface area contributed by atoms with Crippen molar-refractivity contribution in [3.05, 3.63) is 97.8 Å². The standard InChI is InChI=1S/C24H17BrClNO3/c25-17-5-3-16(4-6-17)21-13-29-24-19(23(21)28)9-10-22-20(24)12-27(14-30-22)11-15-1-7-18(26)8-2-15/h1-10,13H,11-12,14H2. The number of benzene rings is 3. The highest BCUT2D eigenvalue weighted by Crippen LogP contribution is 2.33. The molecule has 1 aromatic heterocycles. The van der Waals surface area contributed by atoms with Crippen molar-refractivity contribution in [2.24, 2.45) is 0 Å². The van der Waals surface area contributed by atoms with Gasteiger partial charge in [0.2, 0.25) is 5.43 Å². The highest BCUT2D eigenvalue weighted by molar-refractivity contribution is 9.10. The maximum absolute atomic E-state index is 13.2. The average Bonchev–Trinajstić information content (AvgIpc) is 2.76. The van der Waals surface area contributed by atoms with Gasteiger partial charge in [0.15, 0.2) is 0 Å². The van der Waals surface area contributed by atoms with E-state index in [0.717, 1.165) is 26.9 Å². The van der Waals surface area contributed by atoms with E-state index in [1.807, 2.05) is 54.6 Å². The summed E-state index contributed by atoms with van der Waals surface area (Å²) in [5.41, 5.74) is 3.95. The van der Waals surface area contributed by atoms with Gasteiger partial charge in [-0.25, -0.2) is 0 Å². The predicted octanol–water partition coefficient (Wildman–Crippen LogP) is 6.23. The smallest absolute Gasteiger partial charge is 0.200 e. The van der Waals surface area contributed by atoms with E-state index in [1.165, 1.54) is 0 Å². The van der Waals surface area contributed by atoms with Gasteiger partial charge in [0.25, 0.3) is 0 Å². The van der Waals surface area contributed by atoms with Crippen LogP contribution in [0.15, 0.2) is 80.6 Å². The quantitative estimate of drug-likeness (QED) is 0.347. The third-order valence-electron chi connectivity index (χ3n) is 5.26. The van der Waals surface area contributed by atoms with E-state index in [-0.39, 0.29) is 5.43 Å². The zero-order chi connectivity index (χ0) is 20.7. The van der Waals surface area contributed by atoms with Crippen molar-refractivity contribution in [1.29, 1.82) is 0 Å². The average molecular weight is 483 g/mol. The van der Waals surface area contributed by atoms with Crippen molar-refractivity contribution in [3.8, 4) is 16.9 Å². The number of nitrogens with zero attached hydrogens (tertiary/aromatic N) is 1. The third-order valence-corrected chi connectivity index (χ3v) is 6.04. The maximum Gasteiger partial charge on any atom is 0.200 e. The lowest BCUT2D eigenvalue weighted by molar-refractivity contribution is 0.0890. The van der Waals surface area contributed by atoms with Gasteiger partial charge in [-0.15, -0.1) is 0 Å². The molecule has 1 aliphatic heterocycles. The molecule has 0 saturated carbocycles. The van der Waals surface area contributed by atoms with Gasteiger partial charge < -0.3 is 9.15 Å². The van der Waals surface area contributed by atoms with E-state index >= 15 is 0 Å². The molecule has 0 aliphatic carbocycles. The summed E-state index contributed by atoms with van der Waals surface area (Å²) in [5.74, 6) is 0.759. The van der Waals surface area contributed by atoms with Gasteiger partial charge in [0.05, 0.1) is 16.5 Å². The number of hydrogen-bond donors (Lipinski definition) is 0. The van der Waals surface area contributed by atoms with Crippen molar-refractivity contribution in [2.75, 3.05) is 6.73 Å². The molecule has 0 atom stereocenters.